The third-order valence-electron chi connectivity index (χ3n) is 3.71. The summed E-state index contributed by atoms with van der Waals surface area (Å²) in [5, 5.41) is 2.93. The highest BCUT2D eigenvalue weighted by molar-refractivity contribution is 5.95. The fourth-order valence-corrected chi connectivity index (χ4v) is 2.53. The van der Waals surface area contributed by atoms with Crippen molar-refractivity contribution in [2.24, 2.45) is 5.92 Å². The van der Waals surface area contributed by atoms with Gasteiger partial charge < -0.3 is 15.1 Å². The normalized spacial score (nSPS) is 13.8. The first kappa shape index (κ1) is 16.3. The molecule has 0 aliphatic carbocycles. The highest BCUT2D eigenvalue weighted by Gasteiger charge is 2.25. The molecule has 1 aromatic rings. The van der Waals surface area contributed by atoms with Crippen LogP contribution in [0.4, 0.5) is 4.79 Å². The van der Waals surface area contributed by atoms with Crippen LogP contribution in [0, 0.1) is 5.92 Å². The number of urea groups is 1. The second-order valence-electron chi connectivity index (χ2n) is 6.28. The van der Waals surface area contributed by atoms with Crippen LogP contribution in [0.25, 0.3) is 0 Å². The Hall–Kier alpha value is -2.11. The summed E-state index contributed by atoms with van der Waals surface area (Å²) in [4.78, 5) is 31.9. The van der Waals surface area contributed by atoms with Gasteiger partial charge in [0.15, 0.2) is 0 Å². The van der Waals surface area contributed by atoms with Crippen LogP contribution in [0.15, 0.2) is 12.4 Å². The molecule has 0 bridgehead atoms. The smallest absolute Gasteiger partial charge is 0.319 e. The van der Waals surface area contributed by atoms with E-state index >= 15 is 0 Å². The Morgan fingerprint density at radius 2 is 2.09 bits per heavy atom. The zero-order valence-electron chi connectivity index (χ0n) is 13.7. The Balaban J connectivity index is 2.17. The van der Waals surface area contributed by atoms with Crippen molar-refractivity contribution in [2.45, 2.75) is 26.8 Å². The monoisotopic (exact) mass is 304 g/mol. The molecule has 6 nitrogen and oxygen atoms in total. The molecule has 1 aliphatic heterocycles. The van der Waals surface area contributed by atoms with E-state index in [2.05, 4.69) is 24.1 Å². The Morgan fingerprint density at radius 1 is 1.36 bits per heavy atom. The molecule has 2 rings (SSSR count). The zero-order valence-corrected chi connectivity index (χ0v) is 13.7. The van der Waals surface area contributed by atoms with Crippen LogP contribution in [0.5, 0.6) is 0 Å². The summed E-state index contributed by atoms with van der Waals surface area (Å²) in [5.41, 5.74) is 2.60. The maximum absolute atomic E-state index is 12.3. The Kier molecular flexibility index (Phi) is 5.00. The van der Waals surface area contributed by atoms with Gasteiger partial charge in [0.2, 0.25) is 0 Å². The van der Waals surface area contributed by atoms with E-state index < -0.39 is 0 Å². The molecule has 0 spiro atoms. The first-order chi connectivity index (χ1) is 10.4. The van der Waals surface area contributed by atoms with Crippen LogP contribution in [-0.4, -0.2) is 53.9 Å². The molecule has 0 atom stereocenters. The second kappa shape index (κ2) is 6.77. The average molecular weight is 304 g/mol. The van der Waals surface area contributed by atoms with Crippen LogP contribution < -0.4 is 5.32 Å². The number of fused-ring (bicyclic) bond motifs is 1. The number of carbonyl (C=O) groups excluding carboxylic acids is 2. The van der Waals surface area contributed by atoms with Gasteiger partial charge >= 0.3 is 6.03 Å². The van der Waals surface area contributed by atoms with E-state index in [0.717, 1.165) is 11.1 Å². The van der Waals surface area contributed by atoms with Gasteiger partial charge in [0.25, 0.3) is 5.91 Å². The van der Waals surface area contributed by atoms with Gasteiger partial charge in [-0.05, 0) is 23.5 Å². The average Bonchev–Trinajstić information content (AvgIpc) is 2.50. The van der Waals surface area contributed by atoms with Gasteiger partial charge in [-0.1, -0.05) is 13.8 Å². The molecule has 0 aromatic carbocycles. The van der Waals surface area contributed by atoms with Crippen molar-refractivity contribution in [2.75, 3.05) is 27.2 Å². The second-order valence-corrected chi connectivity index (χ2v) is 6.28. The molecule has 1 N–H and O–H groups in total. The van der Waals surface area contributed by atoms with Gasteiger partial charge in [0.1, 0.15) is 0 Å². The molecule has 0 unspecified atom stereocenters. The summed E-state index contributed by atoms with van der Waals surface area (Å²) in [6.07, 6.45) is 4.06. The van der Waals surface area contributed by atoms with Crippen molar-refractivity contribution in [3.05, 3.63) is 29.1 Å². The highest BCUT2D eigenvalue weighted by atomic mass is 16.2. The predicted molar refractivity (Wildman–Crippen MR) is 84.6 cm³/mol. The van der Waals surface area contributed by atoms with Crippen LogP contribution in [0.1, 0.15) is 35.3 Å². The van der Waals surface area contributed by atoms with Crippen molar-refractivity contribution < 1.29 is 9.59 Å². The van der Waals surface area contributed by atoms with E-state index in [1.165, 1.54) is 0 Å². The number of nitrogens with one attached hydrogen (secondary N) is 1. The van der Waals surface area contributed by atoms with Crippen LogP contribution in [0.2, 0.25) is 0 Å². The van der Waals surface area contributed by atoms with Gasteiger partial charge in [-0.25, -0.2) is 4.79 Å². The van der Waals surface area contributed by atoms with Gasteiger partial charge in [-0.2, -0.15) is 0 Å². The Morgan fingerprint density at radius 3 is 2.73 bits per heavy atom. The molecule has 1 aliphatic rings. The predicted octanol–water partition coefficient (Wildman–Crippen LogP) is 1.51. The molecular formula is C16H24N4O2. The molecule has 120 valence electrons. The number of hydrogen-bond donors (Lipinski definition) is 1. The lowest BCUT2D eigenvalue weighted by Crippen LogP contribution is -2.42. The van der Waals surface area contributed by atoms with Crippen molar-refractivity contribution in [3.63, 3.8) is 0 Å². The van der Waals surface area contributed by atoms with Crippen molar-refractivity contribution in [1.29, 1.82) is 0 Å². The maximum Gasteiger partial charge on any atom is 0.319 e. The summed E-state index contributed by atoms with van der Waals surface area (Å²) in [7, 11) is 3.48. The molecule has 0 radical (unpaired) electrons. The number of pyridine rings is 1. The molecule has 0 saturated heterocycles. The topological polar surface area (TPSA) is 65.5 Å². The van der Waals surface area contributed by atoms with E-state index in [-0.39, 0.29) is 11.9 Å². The molecule has 0 fully saturated rings. The van der Waals surface area contributed by atoms with E-state index in [1.54, 1.807) is 36.3 Å². The van der Waals surface area contributed by atoms with E-state index in [9.17, 15) is 9.59 Å². The van der Waals surface area contributed by atoms with Gasteiger partial charge in [0, 0.05) is 46.1 Å². The van der Waals surface area contributed by atoms with Crippen molar-refractivity contribution in [3.8, 4) is 0 Å². The van der Waals surface area contributed by atoms with Crippen LogP contribution >= 0.6 is 0 Å². The maximum atomic E-state index is 12.3. The summed E-state index contributed by atoms with van der Waals surface area (Å²) in [6, 6.07) is -0.0136. The number of amides is 3. The highest BCUT2D eigenvalue weighted by Crippen LogP contribution is 2.22. The minimum absolute atomic E-state index is 0.0136. The van der Waals surface area contributed by atoms with Gasteiger partial charge in [-0.15, -0.1) is 0 Å². The number of rotatable bonds is 3. The summed E-state index contributed by atoms with van der Waals surface area (Å²) in [6.45, 7) is 5.89. The van der Waals surface area contributed by atoms with E-state index in [4.69, 9.17) is 0 Å². The molecule has 2 heterocycles. The van der Waals surface area contributed by atoms with E-state index in [0.29, 0.717) is 37.5 Å². The fraction of sp³-hybridized carbons (Fsp3) is 0.562. The van der Waals surface area contributed by atoms with Gasteiger partial charge in [0.05, 0.1) is 5.56 Å². The van der Waals surface area contributed by atoms with Crippen LogP contribution in [-0.2, 0) is 13.0 Å². The lowest BCUT2D eigenvalue weighted by Gasteiger charge is -2.31. The third kappa shape index (κ3) is 3.55. The number of nitrogens with zero attached hydrogens (tertiary/aromatic N) is 3. The van der Waals surface area contributed by atoms with Gasteiger partial charge in [-0.3, -0.25) is 9.78 Å². The largest absolute Gasteiger partial charge is 0.352 e. The molecule has 22 heavy (non-hydrogen) atoms. The molecule has 6 heteroatoms. The first-order valence-corrected chi connectivity index (χ1v) is 7.60. The van der Waals surface area contributed by atoms with E-state index in [1.807, 2.05) is 0 Å². The summed E-state index contributed by atoms with van der Waals surface area (Å²) in [5.74, 6) is 0.329. The number of aromatic nitrogens is 1. The fourth-order valence-electron chi connectivity index (χ4n) is 2.53. The number of hydrogen-bond acceptors (Lipinski definition) is 3. The third-order valence-corrected chi connectivity index (χ3v) is 3.71. The minimum atomic E-state index is -0.0783. The summed E-state index contributed by atoms with van der Waals surface area (Å²) < 4.78 is 0. The number of carbonyl (C=O) groups is 2. The lowest BCUT2D eigenvalue weighted by molar-refractivity contribution is 0.0947. The standard InChI is InChI=1S/C16H24N4O2/c1-11(2)7-18-15(21)14-9-17-8-12-10-20(6-5-13(12)14)16(22)19(3)4/h8-9,11H,5-7,10H2,1-4H3,(H,18,21). The minimum Gasteiger partial charge on any atom is -0.352 e. The molecule has 1 aromatic heterocycles. The molecule has 3 amide bonds. The van der Waals surface area contributed by atoms with Crippen molar-refractivity contribution >= 4 is 11.9 Å². The quantitative estimate of drug-likeness (QED) is 0.920. The molecule has 0 saturated carbocycles. The Bertz CT molecular complexity index is 569. The van der Waals surface area contributed by atoms with Crippen LogP contribution in [0.3, 0.4) is 0 Å². The Labute approximate surface area is 131 Å². The first-order valence-electron chi connectivity index (χ1n) is 7.60. The lowest BCUT2D eigenvalue weighted by atomic mass is 9.96. The van der Waals surface area contributed by atoms with Crippen molar-refractivity contribution in [1.82, 2.24) is 20.1 Å². The zero-order chi connectivity index (χ0) is 16.3. The summed E-state index contributed by atoms with van der Waals surface area (Å²) >= 11 is 0. The SMILES string of the molecule is CC(C)CNC(=O)c1cncc2c1CCN(C(=O)N(C)C)C2. The molecular weight excluding hydrogens is 280 g/mol.